The summed E-state index contributed by atoms with van der Waals surface area (Å²) in [4.78, 5) is 22.8. The van der Waals surface area contributed by atoms with Crippen molar-refractivity contribution in [2.75, 3.05) is 7.11 Å². The average Bonchev–Trinajstić information content (AvgIpc) is 2.94. The van der Waals surface area contributed by atoms with E-state index in [9.17, 15) is 9.59 Å². The summed E-state index contributed by atoms with van der Waals surface area (Å²) >= 11 is 0. The molecule has 0 N–H and O–H groups in total. The van der Waals surface area contributed by atoms with Crippen LogP contribution >= 0.6 is 0 Å². The van der Waals surface area contributed by atoms with Crippen LogP contribution in [0, 0.1) is 0 Å². The molecule has 102 valence electrons. The Bertz CT molecular complexity index is 626. The van der Waals surface area contributed by atoms with Crippen LogP contribution in [0.3, 0.4) is 0 Å². The van der Waals surface area contributed by atoms with E-state index in [0.717, 1.165) is 11.8 Å². The van der Waals surface area contributed by atoms with Gasteiger partial charge < -0.3 is 9.30 Å². The van der Waals surface area contributed by atoms with Gasteiger partial charge in [0.1, 0.15) is 0 Å². The zero-order valence-corrected chi connectivity index (χ0v) is 11.2. The summed E-state index contributed by atoms with van der Waals surface area (Å²) in [5, 5.41) is 0. The number of aldehydes is 1. The number of carbonyl (C=O) groups excluding carboxylic acids is 2. The van der Waals surface area contributed by atoms with Crippen molar-refractivity contribution in [3.8, 4) is 0 Å². The molecule has 1 heterocycles. The maximum Gasteiger partial charge on any atom is 0.335 e. The van der Waals surface area contributed by atoms with Crippen molar-refractivity contribution in [1.29, 1.82) is 0 Å². The van der Waals surface area contributed by atoms with Gasteiger partial charge in [-0.05, 0) is 23.8 Å². The third kappa shape index (κ3) is 3.23. The molecule has 0 aliphatic carbocycles. The van der Waals surface area contributed by atoms with Gasteiger partial charge in [-0.3, -0.25) is 4.79 Å². The van der Waals surface area contributed by atoms with Crippen LogP contribution in [0.5, 0.6) is 0 Å². The van der Waals surface area contributed by atoms with Crippen molar-refractivity contribution in [2.24, 2.45) is 0 Å². The highest BCUT2D eigenvalue weighted by Crippen LogP contribution is 2.12. The zero-order valence-electron chi connectivity index (χ0n) is 11.2. The van der Waals surface area contributed by atoms with E-state index in [1.54, 1.807) is 29.0 Å². The molecule has 2 rings (SSSR count). The summed E-state index contributed by atoms with van der Waals surface area (Å²) in [6.07, 6.45) is 4.28. The summed E-state index contributed by atoms with van der Waals surface area (Å²) in [5.74, 6) is -0.403. The number of hydrogen-bond acceptors (Lipinski definition) is 3. The number of benzene rings is 1. The quantitative estimate of drug-likeness (QED) is 0.476. The lowest BCUT2D eigenvalue weighted by Gasteiger charge is -2.08. The minimum atomic E-state index is -0.403. The van der Waals surface area contributed by atoms with E-state index in [4.69, 9.17) is 4.74 Å². The van der Waals surface area contributed by atoms with Gasteiger partial charge in [0.05, 0.1) is 24.9 Å². The number of nitrogens with zero attached hydrogens (tertiary/aromatic N) is 1. The maximum atomic E-state index is 11.9. The van der Waals surface area contributed by atoms with Crippen molar-refractivity contribution in [1.82, 2.24) is 4.57 Å². The monoisotopic (exact) mass is 269 g/mol. The molecule has 20 heavy (non-hydrogen) atoms. The van der Waals surface area contributed by atoms with Gasteiger partial charge in [-0.15, -0.1) is 0 Å². The molecule has 0 amide bonds. The zero-order chi connectivity index (χ0) is 14.4. The number of hydrogen-bond donors (Lipinski definition) is 0. The van der Waals surface area contributed by atoms with Crippen LogP contribution in [0.2, 0.25) is 0 Å². The molecule has 0 aliphatic heterocycles. The van der Waals surface area contributed by atoms with Crippen molar-refractivity contribution in [2.45, 2.75) is 6.54 Å². The Hall–Kier alpha value is -2.62. The molecule has 0 aliphatic rings. The molecule has 4 nitrogen and oxygen atoms in total. The Labute approximate surface area is 117 Å². The van der Waals surface area contributed by atoms with Crippen molar-refractivity contribution < 1.29 is 14.3 Å². The molecule has 2 aromatic rings. The number of carbonyl (C=O) groups is 2. The Balaban J connectivity index is 2.32. The SMILES string of the molecule is COC(=O)/C(=C/c1ccccc1)Cn1cccc1C=O. The van der Waals surface area contributed by atoms with Crippen LogP contribution in [0.1, 0.15) is 16.1 Å². The minimum Gasteiger partial charge on any atom is -0.466 e. The fourth-order valence-corrected chi connectivity index (χ4v) is 1.91. The highest BCUT2D eigenvalue weighted by atomic mass is 16.5. The maximum absolute atomic E-state index is 11.9. The molecule has 0 spiro atoms. The number of methoxy groups -OCH3 is 1. The van der Waals surface area contributed by atoms with Gasteiger partial charge in [0.25, 0.3) is 0 Å². The molecule has 0 saturated heterocycles. The molecule has 0 bridgehead atoms. The van der Waals surface area contributed by atoms with Gasteiger partial charge in [-0.1, -0.05) is 30.3 Å². The predicted molar refractivity (Wildman–Crippen MR) is 76.3 cm³/mol. The largest absolute Gasteiger partial charge is 0.466 e. The van der Waals surface area contributed by atoms with Gasteiger partial charge in [-0.25, -0.2) is 4.79 Å². The van der Waals surface area contributed by atoms with Crippen LogP contribution < -0.4 is 0 Å². The molecule has 4 heteroatoms. The summed E-state index contributed by atoms with van der Waals surface area (Å²) in [6, 6.07) is 13.0. The molecule has 0 unspecified atom stereocenters. The second-order valence-corrected chi connectivity index (χ2v) is 4.25. The molecule has 1 aromatic carbocycles. The van der Waals surface area contributed by atoms with E-state index in [1.165, 1.54) is 7.11 Å². The molecule has 0 radical (unpaired) electrons. The average molecular weight is 269 g/mol. The van der Waals surface area contributed by atoms with Crippen LogP contribution in [0.25, 0.3) is 6.08 Å². The van der Waals surface area contributed by atoms with E-state index in [0.29, 0.717) is 17.8 Å². The van der Waals surface area contributed by atoms with Gasteiger partial charge in [0, 0.05) is 6.20 Å². The van der Waals surface area contributed by atoms with E-state index < -0.39 is 5.97 Å². The van der Waals surface area contributed by atoms with Crippen molar-refractivity contribution in [3.05, 3.63) is 65.5 Å². The number of rotatable bonds is 5. The summed E-state index contributed by atoms with van der Waals surface area (Å²) < 4.78 is 6.51. The molecule has 1 aromatic heterocycles. The third-order valence-corrected chi connectivity index (χ3v) is 2.91. The molecule has 0 saturated carbocycles. The lowest BCUT2D eigenvalue weighted by atomic mass is 10.1. The first-order chi connectivity index (χ1) is 9.74. The molecule has 0 atom stereocenters. The van der Waals surface area contributed by atoms with Crippen LogP contribution in [0.4, 0.5) is 0 Å². The van der Waals surface area contributed by atoms with Crippen LogP contribution in [-0.4, -0.2) is 23.9 Å². The Kier molecular flexibility index (Phi) is 4.50. The lowest BCUT2D eigenvalue weighted by Crippen LogP contribution is -2.12. The highest BCUT2D eigenvalue weighted by Gasteiger charge is 2.12. The number of ether oxygens (including phenoxy) is 1. The minimum absolute atomic E-state index is 0.294. The second kappa shape index (κ2) is 6.52. The fourth-order valence-electron chi connectivity index (χ4n) is 1.91. The van der Waals surface area contributed by atoms with Crippen LogP contribution in [-0.2, 0) is 16.1 Å². The predicted octanol–water partition coefficient (Wildman–Crippen LogP) is 2.56. The molecular formula is C16H15NO3. The standard InChI is InChI=1S/C16H15NO3/c1-20-16(19)14(10-13-6-3-2-4-7-13)11-17-9-5-8-15(17)12-18/h2-10,12H,11H2,1H3/b14-10+. The number of esters is 1. The van der Waals surface area contributed by atoms with Gasteiger partial charge in [0.15, 0.2) is 6.29 Å². The first-order valence-corrected chi connectivity index (χ1v) is 6.19. The van der Waals surface area contributed by atoms with Crippen molar-refractivity contribution >= 4 is 18.3 Å². The summed E-state index contributed by atoms with van der Waals surface area (Å²) in [6.45, 7) is 0.294. The van der Waals surface area contributed by atoms with E-state index in [2.05, 4.69) is 0 Å². The van der Waals surface area contributed by atoms with E-state index in [1.807, 2.05) is 30.3 Å². The third-order valence-electron chi connectivity index (χ3n) is 2.91. The summed E-state index contributed by atoms with van der Waals surface area (Å²) in [7, 11) is 1.34. The van der Waals surface area contributed by atoms with Crippen molar-refractivity contribution in [3.63, 3.8) is 0 Å². The first-order valence-electron chi connectivity index (χ1n) is 6.19. The highest BCUT2D eigenvalue weighted by molar-refractivity contribution is 5.93. The normalized spacial score (nSPS) is 11.2. The lowest BCUT2D eigenvalue weighted by molar-refractivity contribution is -0.136. The van der Waals surface area contributed by atoms with Crippen LogP contribution in [0.15, 0.2) is 54.2 Å². The topological polar surface area (TPSA) is 48.3 Å². The smallest absolute Gasteiger partial charge is 0.335 e. The van der Waals surface area contributed by atoms with Gasteiger partial charge >= 0.3 is 5.97 Å². The summed E-state index contributed by atoms with van der Waals surface area (Å²) in [5.41, 5.74) is 1.92. The van der Waals surface area contributed by atoms with E-state index in [-0.39, 0.29) is 0 Å². The van der Waals surface area contributed by atoms with Gasteiger partial charge in [-0.2, -0.15) is 0 Å². The number of aromatic nitrogens is 1. The van der Waals surface area contributed by atoms with E-state index >= 15 is 0 Å². The molecule has 0 fully saturated rings. The second-order valence-electron chi connectivity index (χ2n) is 4.25. The molecular weight excluding hydrogens is 254 g/mol. The Morgan fingerprint density at radius 2 is 1.95 bits per heavy atom. The van der Waals surface area contributed by atoms with Gasteiger partial charge in [0.2, 0.25) is 0 Å². The Morgan fingerprint density at radius 3 is 2.60 bits per heavy atom. The first kappa shape index (κ1) is 13.8. The fraction of sp³-hybridized carbons (Fsp3) is 0.125. The Morgan fingerprint density at radius 1 is 1.20 bits per heavy atom.